The van der Waals surface area contributed by atoms with Gasteiger partial charge in [-0.25, -0.2) is 8.78 Å². The first-order valence-electron chi connectivity index (χ1n) is 5.63. The number of halogens is 2. The van der Waals surface area contributed by atoms with E-state index in [1.807, 2.05) is 0 Å². The molecule has 3 N–H and O–H groups in total. The maximum atomic E-state index is 13.1. The van der Waals surface area contributed by atoms with Gasteiger partial charge in [0.05, 0.1) is 0 Å². The highest BCUT2D eigenvalue weighted by Gasteiger charge is 2.08. The lowest BCUT2D eigenvalue weighted by Crippen LogP contribution is -2.23. The van der Waals surface area contributed by atoms with Gasteiger partial charge in [-0.15, -0.1) is 0 Å². The molecule has 0 radical (unpaired) electrons. The zero-order chi connectivity index (χ0) is 13.8. The van der Waals surface area contributed by atoms with E-state index in [1.165, 1.54) is 18.2 Å². The Morgan fingerprint density at radius 2 is 1.89 bits per heavy atom. The molecule has 0 saturated carbocycles. The van der Waals surface area contributed by atoms with Gasteiger partial charge in [0.1, 0.15) is 11.6 Å². The van der Waals surface area contributed by atoms with Crippen LogP contribution in [0.4, 0.5) is 14.5 Å². The van der Waals surface area contributed by atoms with Crippen LogP contribution in [0, 0.1) is 11.6 Å². The summed E-state index contributed by atoms with van der Waals surface area (Å²) in [5, 5.41) is 2.57. The van der Waals surface area contributed by atoms with Gasteiger partial charge in [-0.05, 0) is 35.9 Å². The summed E-state index contributed by atoms with van der Waals surface area (Å²) < 4.78 is 26.0. The van der Waals surface area contributed by atoms with E-state index in [2.05, 4.69) is 5.32 Å². The molecule has 1 amide bonds. The Kier molecular flexibility index (Phi) is 3.75. The molecule has 2 aromatic rings. The van der Waals surface area contributed by atoms with Crippen molar-refractivity contribution in [1.82, 2.24) is 5.32 Å². The summed E-state index contributed by atoms with van der Waals surface area (Å²) in [7, 11) is 0. The van der Waals surface area contributed by atoms with Crippen LogP contribution in [-0.2, 0) is 6.54 Å². The first-order chi connectivity index (χ1) is 9.04. The Morgan fingerprint density at radius 3 is 2.58 bits per heavy atom. The number of nitrogens with one attached hydrogen (secondary N) is 1. The van der Waals surface area contributed by atoms with Gasteiger partial charge in [0, 0.05) is 17.8 Å². The van der Waals surface area contributed by atoms with Crippen molar-refractivity contribution in [3.8, 4) is 0 Å². The summed E-state index contributed by atoms with van der Waals surface area (Å²) in [4.78, 5) is 11.8. The van der Waals surface area contributed by atoms with Crippen molar-refractivity contribution in [2.24, 2.45) is 0 Å². The smallest absolute Gasteiger partial charge is 0.251 e. The summed E-state index contributed by atoms with van der Waals surface area (Å²) in [5.74, 6) is -1.41. The van der Waals surface area contributed by atoms with Crippen LogP contribution in [0.5, 0.6) is 0 Å². The molecule has 2 rings (SSSR count). The van der Waals surface area contributed by atoms with Crippen LogP contribution in [0.1, 0.15) is 15.9 Å². The average molecular weight is 262 g/mol. The quantitative estimate of drug-likeness (QED) is 0.835. The van der Waals surface area contributed by atoms with Crippen LogP contribution in [0.3, 0.4) is 0 Å². The second-order valence-corrected chi connectivity index (χ2v) is 4.09. The number of carbonyl (C=O) groups excluding carboxylic acids is 1. The molecule has 0 aromatic heterocycles. The Hall–Kier alpha value is -2.43. The van der Waals surface area contributed by atoms with Gasteiger partial charge in [-0.3, -0.25) is 4.79 Å². The number of hydrogen-bond acceptors (Lipinski definition) is 2. The topological polar surface area (TPSA) is 55.1 Å². The molecule has 0 aliphatic rings. The molecule has 0 atom stereocenters. The lowest BCUT2D eigenvalue weighted by atomic mass is 10.1. The van der Waals surface area contributed by atoms with Crippen molar-refractivity contribution in [3.63, 3.8) is 0 Å². The molecule has 19 heavy (non-hydrogen) atoms. The van der Waals surface area contributed by atoms with E-state index in [0.717, 1.165) is 12.1 Å². The molecule has 0 fully saturated rings. The van der Waals surface area contributed by atoms with Crippen LogP contribution in [0.15, 0.2) is 42.5 Å². The highest BCUT2D eigenvalue weighted by Crippen LogP contribution is 2.11. The summed E-state index contributed by atoms with van der Waals surface area (Å²) in [6.45, 7) is 0.160. The molecule has 0 aliphatic carbocycles. The predicted molar refractivity (Wildman–Crippen MR) is 68.4 cm³/mol. The largest absolute Gasteiger partial charge is 0.399 e. The third-order valence-corrected chi connectivity index (χ3v) is 2.52. The SMILES string of the molecule is Nc1cc(F)cc(C(=O)NCc2cccc(F)c2)c1. The lowest BCUT2D eigenvalue weighted by Gasteiger charge is -2.06. The third kappa shape index (κ3) is 3.51. The Bertz CT molecular complexity index is 594. The maximum absolute atomic E-state index is 13.1. The highest BCUT2D eigenvalue weighted by molar-refractivity contribution is 5.94. The Balaban J connectivity index is 2.05. The molecular weight excluding hydrogens is 250 g/mol. The van der Waals surface area contributed by atoms with E-state index in [4.69, 9.17) is 5.73 Å². The molecule has 0 aliphatic heterocycles. The van der Waals surface area contributed by atoms with Gasteiger partial charge < -0.3 is 11.1 Å². The molecule has 0 heterocycles. The van der Waals surface area contributed by atoms with Crippen LogP contribution < -0.4 is 11.1 Å². The van der Waals surface area contributed by atoms with E-state index >= 15 is 0 Å². The average Bonchev–Trinajstić information content (AvgIpc) is 2.35. The van der Waals surface area contributed by atoms with Crippen LogP contribution in [0.25, 0.3) is 0 Å². The minimum Gasteiger partial charge on any atom is -0.399 e. The zero-order valence-corrected chi connectivity index (χ0v) is 9.99. The highest BCUT2D eigenvalue weighted by atomic mass is 19.1. The normalized spacial score (nSPS) is 10.2. The molecule has 0 unspecified atom stereocenters. The molecule has 2 aromatic carbocycles. The molecule has 98 valence electrons. The second kappa shape index (κ2) is 5.48. The van der Waals surface area contributed by atoms with E-state index in [0.29, 0.717) is 5.56 Å². The first kappa shape index (κ1) is 13.0. The van der Waals surface area contributed by atoms with Gasteiger partial charge in [0.2, 0.25) is 0 Å². The number of nitrogen functional groups attached to an aromatic ring is 1. The van der Waals surface area contributed by atoms with Crippen LogP contribution >= 0.6 is 0 Å². The molecule has 0 saturated heterocycles. The van der Waals surface area contributed by atoms with Crippen molar-refractivity contribution in [3.05, 3.63) is 65.2 Å². The summed E-state index contributed by atoms with van der Waals surface area (Å²) in [5.41, 5.74) is 6.39. The number of carbonyl (C=O) groups is 1. The monoisotopic (exact) mass is 262 g/mol. The summed E-state index contributed by atoms with van der Waals surface area (Å²) in [6.07, 6.45) is 0. The van der Waals surface area contributed by atoms with Crippen molar-refractivity contribution in [2.75, 3.05) is 5.73 Å². The van der Waals surface area contributed by atoms with Crippen LogP contribution in [-0.4, -0.2) is 5.91 Å². The van der Waals surface area contributed by atoms with Gasteiger partial charge in [-0.2, -0.15) is 0 Å². The van der Waals surface area contributed by atoms with Crippen molar-refractivity contribution < 1.29 is 13.6 Å². The fourth-order valence-corrected chi connectivity index (χ4v) is 1.67. The third-order valence-electron chi connectivity index (χ3n) is 2.52. The number of rotatable bonds is 3. The minimum absolute atomic E-state index is 0.133. The minimum atomic E-state index is -0.573. The van der Waals surface area contributed by atoms with E-state index in [9.17, 15) is 13.6 Å². The van der Waals surface area contributed by atoms with E-state index < -0.39 is 11.7 Å². The second-order valence-electron chi connectivity index (χ2n) is 4.09. The van der Waals surface area contributed by atoms with Crippen molar-refractivity contribution in [2.45, 2.75) is 6.54 Å². The van der Waals surface area contributed by atoms with Gasteiger partial charge in [0.25, 0.3) is 5.91 Å². The number of nitrogens with two attached hydrogens (primary N) is 1. The number of benzene rings is 2. The number of hydrogen-bond donors (Lipinski definition) is 2. The summed E-state index contributed by atoms with van der Waals surface area (Å²) >= 11 is 0. The van der Waals surface area contributed by atoms with Gasteiger partial charge in [0.15, 0.2) is 0 Å². The number of anilines is 1. The van der Waals surface area contributed by atoms with Crippen molar-refractivity contribution >= 4 is 11.6 Å². The predicted octanol–water partition coefficient (Wildman–Crippen LogP) is 2.48. The molecule has 0 bridgehead atoms. The molecule has 0 spiro atoms. The van der Waals surface area contributed by atoms with E-state index in [-0.39, 0.29) is 23.6 Å². The Morgan fingerprint density at radius 1 is 1.11 bits per heavy atom. The van der Waals surface area contributed by atoms with E-state index in [1.54, 1.807) is 12.1 Å². The summed E-state index contributed by atoms with van der Waals surface area (Å²) in [6, 6.07) is 9.48. The maximum Gasteiger partial charge on any atom is 0.251 e. The zero-order valence-electron chi connectivity index (χ0n) is 9.99. The standard InChI is InChI=1S/C14H12F2N2O/c15-11-3-1-2-9(4-11)8-18-14(19)10-5-12(16)7-13(17)6-10/h1-7H,8,17H2,(H,18,19). The molecular formula is C14H12F2N2O. The molecule has 3 nitrogen and oxygen atoms in total. The van der Waals surface area contributed by atoms with Crippen molar-refractivity contribution in [1.29, 1.82) is 0 Å². The fraction of sp³-hybridized carbons (Fsp3) is 0.0714. The van der Waals surface area contributed by atoms with Gasteiger partial charge in [-0.1, -0.05) is 12.1 Å². The number of amides is 1. The Labute approximate surface area is 109 Å². The fourth-order valence-electron chi connectivity index (χ4n) is 1.67. The van der Waals surface area contributed by atoms with Crippen LogP contribution in [0.2, 0.25) is 0 Å². The lowest BCUT2D eigenvalue weighted by molar-refractivity contribution is 0.0950. The molecule has 5 heteroatoms. The van der Waals surface area contributed by atoms with Gasteiger partial charge >= 0.3 is 0 Å². The first-order valence-corrected chi connectivity index (χ1v) is 5.63.